The van der Waals surface area contributed by atoms with E-state index in [-0.39, 0.29) is 24.0 Å². The van der Waals surface area contributed by atoms with Gasteiger partial charge < -0.3 is 14.5 Å². The third kappa shape index (κ3) is 5.43. The van der Waals surface area contributed by atoms with Gasteiger partial charge in [-0.3, -0.25) is 4.79 Å². The molecule has 1 heterocycles. The molecule has 6 nitrogen and oxygen atoms in total. The summed E-state index contributed by atoms with van der Waals surface area (Å²) >= 11 is 5.97. The van der Waals surface area contributed by atoms with E-state index < -0.39 is 5.97 Å². The van der Waals surface area contributed by atoms with E-state index in [2.05, 4.69) is 4.98 Å². The summed E-state index contributed by atoms with van der Waals surface area (Å²) in [5.74, 6) is -0.688. The van der Waals surface area contributed by atoms with Crippen LogP contribution in [-0.2, 0) is 31.4 Å². The number of alkyl halides is 1. The van der Waals surface area contributed by atoms with Crippen LogP contribution in [0.25, 0.3) is 6.08 Å². The molecule has 1 rings (SSSR count). The molecule has 24 heavy (non-hydrogen) atoms. The molecule has 0 aromatic carbocycles. The Labute approximate surface area is 146 Å². The Kier molecular flexibility index (Phi) is 8.07. The van der Waals surface area contributed by atoms with Crippen LogP contribution in [0, 0.1) is 18.3 Å². The molecule has 0 aliphatic carbocycles. The number of carbonyl (C=O) groups excluding carboxylic acids is 2. The first-order valence-electron chi connectivity index (χ1n) is 7.63. The average Bonchev–Trinajstić information content (AvgIpc) is 2.84. The molecule has 0 amide bonds. The third-order valence-corrected chi connectivity index (χ3v) is 3.69. The van der Waals surface area contributed by atoms with Crippen LogP contribution in [0.4, 0.5) is 0 Å². The Hall–Kier alpha value is -2.26. The maximum absolute atomic E-state index is 11.7. The molecule has 0 aliphatic rings. The van der Waals surface area contributed by atoms with Crippen LogP contribution in [0.15, 0.2) is 5.57 Å². The highest BCUT2D eigenvalue weighted by Gasteiger charge is 2.16. The number of esters is 2. The van der Waals surface area contributed by atoms with Crippen molar-refractivity contribution < 1.29 is 19.1 Å². The number of halogens is 1. The Morgan fingerprint density at radius 3 is 2.62 bits per heavy atom. The minimum Gasteiger partial charge on any atom is -0.466 e. The van der Waals surface area contributed by atoms with Crippen LogP contribution in [-0.4, -0.2) is 30.1 Å². The number of aromatic amines is 1. The van der Waals surface area contributed by atoms with Crippen molar-refractivity contribution in [2.45, 2.75) is 39.5 Å². The molecule has 0 unspecified atom stereocenters. The lowest BCUT2D eigenvalue weighted by molar-refractivity contribution is -0.141. The molecule has 1 aromatic heterocycles. The fourth-order valence-electron chi connectivity index (χ4n) is 2.27. The van der Waals surface area contributed by atoms with Gasteiger partial charge in [0, 0.05) is 18.3 Å². The zero-order chi connectivity index (χ0) is 18.1. The molecule has 0 radical (unpaired) electrons. The summed E-state index contributed by atoms with van der Waals surface area (Å²) in [6.07, 6.45) is 2.81. The van der Waals surface area contributed by atoms with Crippen LogP contribution in [0.5, 0.6) is 0 Å². The Balaban J connectivity index is 2.99. The summed E-state index contributed by atoms with van der Waals surface area (Å²) in [5, 5.41) is 9.13. The van der Waals surface area contributed by atoms with Crippen LogP contribution < -0.4 is 0 Å². The van der Waals surface area contributed by atoms with E-state index in [0.29, 0.717) is 25.1 Å². The van der Waals surface area contributed by atoms with Gasteiger partial charge in [-0.15, -0.1) is 11.6 Å². The smallest absolute Gasteiger partial charge is 0.348 e. The zero-order valence-electron chi connectivity index (χ0n) is 14.1. The highest BCUT2D eigenvalue weighted by atomic mass is 35.5. The molecule has 0 saturated carbocycles. The van der Waals surface area contributed by atoms with Gasteiger partial charge in [0.1, 0.15) is 11.6 Å². The maximum atomic E-state index is 11.7. The summed E-state index contributed by atoms with van der Waals surface area (Å²) < 4.78 is 9.78. The molecule has 0 atom stereocenters. The van der Waals surface area contributed by atoms with Gasteiger partial charge in [0.05, 0.1) is 19.1 Å². The molecule has 0 saturated heterocycles. The lowest BCUT2D eigenvalue weighted by Crippen LogP contribution is -2.06. The van der Waals surface area contributed by atoms with Gasteiger partial charge in [0.2, 0.25) is 0 Å². The van der Waals surface area contributed by atoms with Gasteiger partial charge in [-0.2, -0.15) is 5.26 Å². The van der Waals surface area contributed by atoms with Gasteiger partial charge in [-0.05, 0) is 43.9 Å². The number of nitrogens with zero attached hydrogens (tertiary/aromatic N) is 1. The average molecular weight is 353 g/mol. The van der Waals surface area contributed by atoms with Gasteiger partial charge in [0.25, 0.3) is 0 Å². The number of aromatic nitrogens is 1. The van der Waals surface area contributed by atoms with Crippen molar-refractivity contribution in [2.75, 3.05) is 13.2 Å². The summed E-state index contributed by atoms with van der Waals surface area (Å²) in [4.78, 5) is 25.6. The molecule has 1 N–H and O–H groups in total. The monoisotopic (exact) mass is 352 g/mol. The first-order chi connectivity index (χ1) is 11.4. The summed E-state index contributed by atoms with van der Waals surface area (Å²) in [7, 11) is 0. The highest BCUT2D eigenvalue weighted by molar-refractivity contribution is 6.17. The Morgan fingerprint density at radius 1 is 1.38 bits per heavy atom. The molecule has 1 aromatic rings. The van der Waals surface area contributed by atoms with Crippen molar-refractivity contribution >= 4 is 29.6 Å². The summed E-state index contributed by atoms with van der Waals surface area (Å²) in [6, 6.07) is 1.85. The number of ether oxygens (including phenoxy) is 2. The van der Waals surface area contributed by atoms with Gasteiger partial charge >= 0.3 is 11.9 Å². The zero-order valence-corrected chi connectivity index (χ0v) is 14.8. The molecular formula is C17H21ClN2O4. The van der Waals surface area contributed by atoms with E-state index in [1.54, 1.807) is 6.92 Å². The van der Waals surface area contributed by atoms with E-state index in [9.17, 15) is 9.59 Å². The van der Waals surface area contributed by atoms with Crippen molar-refractivity contribution in [1.29, 1.82) is 5.26 Å². The van der Waals surface area contributed by atoms with E-state index in [4.69, 9.17) is 26.3 Å². The number of nitriles is 1. The van der Waals surface area contributed by atoms with Crippen LogP contribution in [0.1, 0.15) is 42.8 Å². The highest BCUT2D eigenvalue weighted by Crippen LogP contribution is 2.24. The topological polar surface area (TPSA) is 92.2 Å². The van der Waals surface area contributed by atoms with E-state index in [1.807, 2.05) is 13.0 Å². The number of H-pyrrole nitrogens is 1. The fraction of sp³-hybridized carbons (Fsp3) is 0.471. The fourth-order valence-corrected chi connectivity index (χ4v) is 2.50. The van der Waals surface area contributed by atoms with Gasteiger partial charge in [-0.25, -0.2) is 4.79 Å². The number of hydrogen-bond acceptors (Lipinski definition) is 5. The molecule has 0 spiro atoms. The molecule has 7 heteroatoms. The molecule has 0 aliphatic heterocycles. The predicted molar refractivity (Wildman–Crippen MR) is 90.3 cm³/mol. The van der Waals surface area contributed by atoms with Gasteiger partial charge in [0.15, 0.2) is 0 Å². The standard InChI is InChI=1S/C17H21ClN2O4/c1-4-23-17(22)13(10-19)8-15-11(2)14(16(9-18)20-15)6-5-7-24-12(3)21/h8,20H,4-7,9H2,1-3H3/b13-8+. The quantitative estimate of drug-likeness (QED) is 0.255. The Bertz CT molecular complexity index is 671. The normalized spacial score (nSPS) is 11.0. The number of rotatable bonds is 8. The Morgan fingerprint density at radius 2 is 2.08 bits per heavy atom. The van der Waals surface area contributed by atoms with E-state index in [0.717, 1.165) is 16.8 Å². The van der Waals surface area contributed by atoms with Crippen molar-refractivity contribution in [3.63, 3.8) is 0 Å². The van der Waals surface area contributed by atoms with Crippen LogP contribution in [0.3, 0.4) is 0 Å². The predicted octanol–water partition coefficient (Wildman–Crippen LogP) is 3.03. The first kappa shape index (κ1) is 19.8. The minimum atomic E-state index is -0.655. The maximum Gasteiger partial charge on any atom is 0.348 e. The second-order valence-electron chi connectivity index (χ2n) is 5.09. The molecule has 130 valence electrons. The van der Waals surface area contributed by atoms with Crippen LogP contribution >= 0.6 is 11.6 Å². The van der Waals surface area contributed by atoms with Crippen LogP contribution in [0.2, 0.25) is 0 Å². The van der Waals surface area contributed by atoms with E-state index >= 15 is 0 Å². The molecule has 0 bridgehead atoms. The van der Waals surface area contributed by atoms with Crippen molar-refractivity contribution in [2.24, 2.45) is 0 Å². The van der Waals surface area contributed by atoms with Crippen molar-refractivity contribution in [1.82, 2.24) is 4.98 Å². The van der Waals surface area contributed by atoms with E-state index in [1.165, 1.54) is 13.0 Å². The molecular weight excluding hydrogens is 332 g/mol. The lowest BCUT2D eigenvalue weighted by Gasteiger charge is -2.04. The largest absolute Gasteiger partial charge is 0.466 e. The number of carbonyl (C=O) groups is 2. The lowest BCUT2D eigenvalue weighted by atomic mass is 10.0. The second kappa shape index (κ2) is 9.78. The SMILES string of the molecule is CCOC(=O)/C(C#N)=C/c1[nH]c(CCl)c(CCCOC(C)=O)c1C. The third-order valence-electron chi connectivity index (χ3n) is 3.42. The van der Waals surface area contributed by atoms with Gasteiger partial charge in [-0.1, -0.05) is 0 Å². The first-order valence-corrected chi connectivity index (χ1v) is 8.16. The number of hydrogen-bond donors (Lipinski definition) is 1. The summed E-state index contributed by atoms with van der Waals surface area (Å²) in [6.45, 7) is 5.47. The number of nitrogens with one attached hydrogen (secondary N) is 1. The van der Waals surface area contributed by atoms with Crippen molar-refractivity contribution in [3.8, 4) is 6.07 Å². The summed E-state index contributed by atoms with van der Waals surface area (Å²) in [5.41, 5.74) is 3.31. The van der Waals surface area contributed by atoms with Crippen molar-refractivity contribution in [3.05, 3.63) is 28.1 Å². The minimum absolute atomic E-state index is 0.0752. The molecule has 0 fully saturated rings. The second-order valence-corrected chi connectivity index (χ2v) is 5.36.